The molecule has 1 amide bonds. The highest BCUT2D eigenvalue weighted by Gasteiger charge is 2.20. The molecular formula is C17H24N4OS. The standard InChI is InChI=1S/C17H24N4OS/c1-20-12-10-19-16(20)6-4-11-21(2)17(22)15-8-7-14(23-15)13-5-3-9-18-13/h7-8,10,12-13,18H,3-6,9,11H2,1-2H3. The summed E-state index contributed by atoms with van der Waals surface area (Å²) in [6, 6.07) is 4.51. The van der Waals surface area contributed by atoms with Gasteiger partial charge in [-0.15, -0.1) is 11.3 Å². The Morgan fingerprint density at radius 2 is 2.39 bits per heavy atom. The number of hydrogen-bond donors (Lipinski definition) is 1. The fraction of sp³-hybridized carbons (Fsp3) is 0.529. The highest BCUT2D eigenvalue weighted by atomic mass is 32.1. The third kappa shape index (κ3) is 3.82. The van der Waals surface area contributed by atoms with E-state index in [1.807, 2.05) is 42.0 Å². The van der Waals surface area contributed by atoms with E-state index in [4.69, 9.17) is 0 Å². The molecule has 0 spiro atoms. The average Bonchev–Trinajstić information content (AvgIpc) is 3.28. The van der Waals surface area contributed by atoms with Gasteiger partial charge in [-0.3, -0.25) is 4.79 Å². The van der Waals surface area contributed by atoms with E-state index in [2.05, 4.69) is 16.4 Å². The Balaban J connectivity index is 1.51. The second kappa shape index (κ2) is 7.27. The molecule has 0 aromatic carbocycles. The lowest BCUT2D eigenvalue weighted by molar-refractivity contribution is 0.0798. The summed E-state index contributed by atoms with van der Waals surface area (Å²) >= 11 is 1.63. The lowest BCUT2D eigenvalue weighted by Gasteiger charge is -2.16. The number of aryl methyl sites for hydroxylation is 2. The van der Waals surface area contributed by atoms with Gasteiger partial charge in [0, 0.05) is 50.4 Å². The van der Waals surface area contributed by atoms with E-state index in [9.17, 15) is 4.79 Å². The maximum absolute atomic E-state index is 12.5. The predicted octanol–water partition coefficient (Wildman–Crippen LogP) is 2.61. The van der Waals surface area contributed by atoms with Gasteiger partial charge in [0.1, 0.15) is 5.82 Å². The molecule has 1 aliphatic rings. The fourth-order valence-electron chi connectivity index (χ4n) is 2.98. The normalized spacial score (nSPS) is 17.6. The fourth-order valence-corrected chi connectivity index (χ4v) is 4.10. The monoisotopic (exact) mass is 332 g/mol. The molecule has 2 aromatic heterocycles. The van der Waals surface area contributed by atoms with Crippen molar-refractivity contribution in [1.82, 2.24) is 19.8 Å². The van der Waals surface area contributed by atoms with Gasteiger partial charge < -0.3 is 14.8 Å². The van der Waals surface area contributed by atoms with Crippen molar-refractivity contribution in [3.63, 3.8) is 0 Å². The van der Waals surface area contributed by atoms with Crippen LogP contribution >= 0.6 is 11.3 Å². The highest BCUT2D eigenvalue weighted by molar-refractivity contribution is 7.14. The SMILES string of the molecule is CN(CCCc1nccn1C)C(=O)c1ccc(C2CCCN2)s1. The van der Waals surface area contributed by atoms with Crippen molar-refractivity contribution < 1.29 is 4.79 Å². The Labute approximate surface area is 141 Å². The second-order valence-electron chi connectivity index (χ2n) is 6.14. The van der Waals surface area contributed by atoms with Gasteiger partial charge in [0.25, 0.3) is 5.91 Å². The van der Waals surface area contributed by atoms with Gasteiger partial charge in [0.15, 0.2) is 0 Å². The van der Waals surface area contributed by atoms with Crippen LogP contribution in [0.5, 0.6) is 0 Å². The molecule has 0 saturated carbocycles. The lowest BCUT2D eigenvalue weighted by Crippen LogP contribution is -2.27. The number of nitrogens with zero attached hydrogens (tertiary/aromatic N) is 3. The van der Waals surface area contributed by atoms with Crippen LogP contribution in [0.1, 0.15) is 45.7 Å². The van der Waals surface area contributed by atoms with Gasteiger partial charge in [-0.2, -0.15) is 0 Å². The summed E-state index contributed by atoms with van der Waals surface area (Å²) in [4.78, 5) is 20.8. The zero-order chi connectivity index (χ0) is 16.2. The Morgan fingerprint density at radius 3 is 3.09 bits per heavy atom. The molecule has 0 aliphatic carbocycles. The molecule has 1 aliphatic heterocycles. The number of thiophene rings is 1. The number of imidazole rings is 1. The third-order valence-corrected chi connectivity index (χ3v) is 5.59. The van der Waals surface area contributed by atoms with E-state index >= 15 is 0 Å². The number of carbonyl (C=O) groups excluding carboxylic acids is 1. The minimum atomic E-state index is 0.124. The molecule has 124 valence electrons. The number of nitrogens with one attached hydrogen (secondary N) is 1. The molecule has 5 nitrogen and oxygen atoms in total. The summed E-state index contributed by atoms with van der Waals surface area (Å²) in [7, 11) is 3.88. The van der Waals surface area contributed by atoms with Crippen molar-refractivity contribution in [2.45, 2.75) is 31.7 Å². The molecule has 3 rings (SSSR count). The summed E-state index contributed by atoms with van der Waals surface area (Å²) in [5, 5.41) is 3.49. The van der Waals surface area contributed by atoms with Gasteiger partial charge in [-0.1, -0.05) is 0 Å². The van der Waals surface area contributed by atoms with E-state index in [1.54, 1.807) is 11.3 Å². The van der Waals surface area contributed by atoms with Gasteiger partial charge in [0.2, 0.25) is 0 Å². The van der Waals surface area contributed by atoms with Crippen LogP contribution < -0.4 is 5.32 Å². The van der Waals surface area contributed by atoms with E-state index in [0.29, 0.717) is 6.04 Å². The van der Waals surface area contributed by atoms with Crippen molar-refractivity contribution in [3.8, 4) is 0 Å². The molecule has 1 fully saturated rings. The first-order chi connectivity index (χ1) is 11.1. The first-order valence-corrected chi connectivity index (χ1v) is 9.01. The van der Waals surface area contributed by atoms with Crippen molar-refractivity contribution >= 4 is 17.2 Å². The maximum Gasteiger partial charge on any atom is 0.263 e. The maximum atomic E-state index is 12.5. The molecule has 6 heteroatoms. The molecule has 0 bridgehead atoms. The van der Waals surface area contributed by atoms with Gasteiger partial charge in [-0.25, -0.2) is 4.98 Å². The molecule has 2 aromatic rings. The third-order valence-electron chi connectivity index (χ3n) is 4.40. The van der Waals surface area contributed by atoms with Crippen LogP contribution in [0.2, 0.25) is 0 Å². The molecule has 3 heterocycles. The number of aromatic nitrogens is 2. The van der Waals surface area contributed by atoms with Crippen LogP contribution in [0.15, 0.2) is 24.5 Å². The Kier molecular flexibility index (Phi) is 5.13. The van der Waals surface area contributed by atoms with E-state index < -0.39 is 0 Å². The minimum absolute atomic E-state index is 0.124. The number of carbonyl (C=O) groups is 1. The first-order valence-electron chi connectivity index (χ1n) is 8.20. The summed E-state index contributed by atoms with van der Waals surface area (Å²) in [6.45, 7) is 1.83. The van der Waals surface area contributed by atoms with E-state index in [-0.39, 0.29) is 5.91 Å². The minimum Gasteiger partial charge on any atom is -0.341 e. The summed E-state index contributed by atoms with van der Waals surface area (Å²) in [6.07, 6.45) is 7.98. The van der Waals surface area contributed by atoms with Crippen molar-refractivity contribution in [2.24, 2.45) is 7.05 Å². The Morgan fingerprint density at radius 1 is 1.52 bits per heavy atom. The van der Waals surface area contributed by atoms with E-state index in [1.165, 1.54) is 17.7 Å². The smallest absolute Gasteiger partial charge is 0.263 e. The van der Waals surface area contributed by atoms with Crippen LogP contribution in [-0.4, -0.2) is 40.5 Å². The predicted molar refractivity (Wildman–Crippen MR) is 92.8 cm³/mol. The average molecular weight is 332 g/mol. The largest absolute Gasteiger partial charge is 0.341 e. The van der Waals surface area contributed by atoms with Crippen LogP contribution in [0, 0.1) is 0 Å². The van der Waals surface area contributed by atoms with Crippen molar-refractivity contribution in [2.75, 3.05) is 20.1 Å². The highest BCUT2D eigenvalue weighted by Crippen LogP contribution is 2.29. The summed E-state index contributed by atoms with van der Waals surface area (Å²) in [5.74, 6) is 1.19. The molecule has 1 atom stereocenters. The van der Waals surface area contributed by atoms with Crippen LogP contribution in [0.4, 0.5) is 0 Å². The summed E-state index contributed by atoms with van der Waals surface area (Å²) < 4.78 is 2.03. The van der Waals surface area contributed by atoms with Crippen LogP contribution in [0.25, 0.3) is 0 Å². The van der Waals surface area contributed by atoms with Gasteiger partial charge >= 0.3 is 0 Å². The zero-order valence-corrected chi connectivity index (χ0v) is 14.6. The van der Waals surface area contributed by atoms with Gasteiger partial charge in [0.05, 0.1) is 4.88 Å². The second-order valence-corrected chi connectivity index (χ2v) is 7.25. The molecular weight excluding hydrogens is 308 g/mol. The van der Waals surface area contributed by atoms with Crippen molar-refractivity contribution in [3.05, 3.63) is 40.1 Å². The van der Waals surface area contributed by atoms with Gasteiger partial charge in [-0.05, 0) is 37.9 Å². The molecule has 1 unspecified atom stereocenters. The lowest BCUT2D eigenvalue weighted by atomic mass is 10.2. The zero-order valence-electron chi connectivity index (χ0n) is 13.8. The molecule has 1 N–H and O–H groups in total. The molecule has 23 heavy (non-hydrogen) atoms. The molecule has 1 saturated heterocycles. The van der Waals surface area contributed by atoms with Crippen molar-refractivity contribution in [1.29, 1.82) is 0 Å². The number of amides is 1. The molecule has 0 radical (unpaired) electrons. The Bertz CT molecular complexity index is 657. The van der Waals surface area contributed by atoms with Crippen LogP contribution in [-0.2, 0) is 13.5 Å². The number of rotatable bonds is 6. The topological polar surface area (TPSA) is 50.2 Å². The quantitative estimate of drug-likeness (QED) is 0.885. The van der Waals surface area contributed by atoms with Crippen LogP contribution in [0.3, 0.4) is 0 Å². The number of hydrogen-bond acceptors (Lipinski definition) is 4. The van der Waals surface area contributed by atoms with E-state index in [0.717, 1.165) is 36.6 Å². The first kappa shape index (κ1) is 16.2. The Hall–Kier alpha value is -1.66. The summed E-state index contributed by atoms with van der Waals surface area (Å²) in [5.41, 5.74) is 0.